The zero-order valence-corrected chi connectivity index (χ0v) is 14.4. The molecule has 3 heteroatoms. The van der Waals surface area contributed by atoms with Gasteiger partial charge >= 0.3 is 0 Å². The van der Waals surface area contributed by atoms with Gasteiger partial charge < -0.3 is 9.80 Å². The van der Waals surface area contributed by atoms with Gasteiger partial charge in [-0.25, -0.2) is 0 Å². The van der Waals surface area contributed by atoms with Crippen molar-refractivity contribution in [3.8, 4) is 0 Å². The molecule has 0 bridgehead atoms. The minimum atomic E-state index is 0.240. The molecule has 0 N–H and O–H groups in total. The van der Waals surface area contributed by atoms with E-state index in [2.05, 4.69) is 61.2 Å². The Balaban J connectivity index is 1.48. The molecule has 2 aromatic carbocycles. The second-order valence-corrected chi connectivity index (χ2v) is 7.07. The molecular formula is C21H24N2O. The number of nitrogens with zero attached hydrogens (tertiary/aromatic N) is 2. The smallest absolute Gasteiger partial charge is 0.229 e. The zero-order valence-electron chi connectivity index (χ0n) is 14.4. The summed E-state index contributed by atoms with van der Waals surface area (Å²) in [6, 6.07) is 17.6. The van der Waals surface area contributed by atoms with E-state index in [9.17, 15) is 4.79 Å². The molecule has 0 spiro atoms. The Labute approximate surface area is 143 Å². The normalized spacial score (nSPS) is 21.8. The lowest BCUT2D eigenvalue weighted by Crippen LogP contribution is -2.39. The van der Waals surface area contributed by atoms with Crippen molar-refractivity contribution in [3.63, 3.8) is 0 Å². The third kappa shape index (κ3) is 2.48. The Morgan fingerprint density at radius 2 is 1.50 bits per heavy atom. The molecule has 2 aliphatic heterocycles. The fourth-order valence-electron chi connectivity index (χ4n) is 4.25. The first-order valence-corrected chi connectivity index (χ1v) is 8.89. The van der Waals surface area contributed by atoms with Crippen LogP contribution in [0.4, 0.5) is 11.4 Å². The van der Waals surface area contributed by atoms with Crippen molar-refractivity contribution in [2.24, 2.45) is 0 Å². The fourth-order valence-corrected chi connectivity index (χ4v) is 4.25. The second kappa shape index (κ2) is 5.97. The van der Waals surface area contributed by atoms with Crippen LogP contribution in [0.25, 0.3) is 0 Å². The number of benzene rings is 2. The summed E-state index contributed by atoms with van der Waals surface area (Å²) in [5, 5.41) is 0. The van der Waals surface area contributed by atoms with E-state index in [4.69, 9.17) is 0 Å². The lowest BCUT2D eigenvalue weighted by molar-refractivity contribution is -0.118. The molecule has 2 aliphatic rings. The molecule has 3 nitrogen and oxygen atoms in total. The number of para-hydroxylation sites is 2. The first-order valence-electron chi connectivity index (χ1n) is 8.89. The lowest BCUT2D eigenvalue weighted by atomic mass is 10.1. The van der Waals surface area contributed by atoms with Crippen LogP contribution < -0.4 is 9.80 Å². The number of hydrogen-bond acceptors (Lipinski definition) is 2. The number of amides is 1. The molecule has 24 heavy (non-hydrogen) atoms. The Kier molecular flexibility index (Phi) is 3.79. The molecule has 0 radical (unpaired) electrons. The Morgan fingerprint density at radius 3 is 2.25 bits per heavy atom. The number of rotatable bonds is 3. The third-order valence-corrected chi connectivity index (χ3v) is 5.39. The molecular weight excluding hydrogens is 296 g/mol. The predicted molar refractivity (Wildman–Crippen MR) is 98.7 cm³/mol. The number of anilines is 2. The van der Waals surface area contributed by atoms with Crippen molar-refractivity contribution in [3.05, 3.63) is 59.7 Å². The maximum absolute atomic E-state index is 12.9. The van der Waals surface area contributed by atoms with Gasteiger partial charge in [-0.3, -0.25) is 4.79 Å². The van der Waals surface area contributed by atoms with E-state index < -0.39 is 0 Å². The first kappa shape index (κ1) is 15.3. The molecule has 0 aliphatic carbocycles. The van der Waals surface area contributed by atoms with E-state index in [1.54, 1.807) is 0 Å². The maximum atomic E-state index is 12.9. The van der Waals surface area contributed by atoms with Crippen molar-refractivity contribution in [1.82, 2.24) is 0 Å². The van der Waals surface area contributed by atoms with E-state index in [1.807, 2.05) is 11.0 Å². The lowest BCUT2D eigenvalue weighted by Gasteiger charge is -2.27. The average molecular weight is 320 g/mol. The predicted octanol–water partition coefficient (Wildman–Crippen LogP) is 3.81. The third-order valence-electron chi connectivity index (χ3n) is 5.39. The van der Waals surface area contributed by atoms with E-state index >= 15 is 0 Å². The van der Waals surface area contributed by atoms with Crippen LogP contribution in [-0.4, -0.2) is 24.5 Å². The van der Waals surface area contributed by atoms with Gasteiger partial charge in [-0.1, -0.05) is 36.4 Å². The van der Waals surface area contributed by atoms with Crippen LogP contribution in [0.5, 0.6) is 0 Å². The summed E-state index contributed by atoms with van der Waals surface area (Å²) >= 11 is 0. The van der Waals surface area contributed by atoms with Crippen molar-refractivity contribution in [1.29, 1.82) is 0 Å². The number of carbonyl (C=O) groups excluding carboxylic acids is 1. The second-order valence-electron chi connectivity index (χ2n) is 7.07. The van der Waals surface area contributed by atoms with Crippen molar-refractivity contribution in [2.45, 2.75) is 45.2 Å². The van der Waals surface area contributed by atoms with Crippen molar-refractivity contribution in [2.75, 3.05) is 16.3 Å². The topological polar surface area (TPSA) is 23.6 Å². The van der Waals surface area contributed by atoms with Gasteiger partial charge in [-0.05, 0) is 49.9 Å². The highest BCUT2D eigenvalue weighted by Crippen LogP contribution is 2.34. The first-order chi connectivity index (χ1) is 11.6. The van der Waals surface area contributed by atoms with Crippen LogP contribution in [0, 0.1) is 0 Å². The minimum absolute atomic E-state index is 0.240. The summed E-state index contributed by atoms with van der Waals surface area (Å²) in [5.41, 5.74) is 5.09. The van der Waals surface area contributed by atoms with E-state index in [0.717, 1.165) is 25.1 Å². The summed E-state index contributed by atoms with van der Waals surface area (Å²) in [6.07, 6.45) is 2.61. The molecule has 2 aromatic rings. The fraction of sp³-hybridized carbons (Fsp3) is 0.381. The Hall–Kier alpha value is -2.29. The minimum Gasteiger partial charge on any atom is -0.368 e. The van der Waals surface area contributed by atoms with Crippen molar-refractivity contribution < 1.29 is 4.79 Å². The average Bonchev–Trinajstić information content (AvgIpc) is 3.08. The van der Waals surface area contributed by atoms with Gasteiger partial charge in [0.2, 0.25) is 5.91 Å². The van der Waals surface area contributed by atoms with Gasteiger partial charge in [0, 0.05) is 36.4 Å². The largest absolute Gasteiger partial charge is 0.368 e. The van der Waals surface area contributed by atoms with E-state index in [-0.39, 0.29) is 11.9 Å². The summed E-state index contributed by atoms with van der Waals surface area (Å²) in [5.74, 6) is 0.240. The van der Waals surface area contributed by atoms with Crippen LogP contribution in [0.2, 0.25) is 0 Å². The standard InChI is InChI=1S/C21H24N2O/c1-15-13-17-7-3-5-9-19(17)22(15)12-11-21(24)23-16(2)14-18-8-4-6-10-20(18)23/h3-10,15-16H,11-14H2,1-2H3. The highest BCUT2D eigenvalue weighted by molar-refractivity contribution is 5.96. The van der Waals surface area contributed by atoms with Crippen LogP contribution >= 0.6 is 0 Å². The van der Waals surface area contributed by atoms with Gasteiger partial charge in [0.15, 0.2) is 0 Å². The molecule has 4 rings (SSSR count). The van der Waals surface area contributed by atoms with Crippen LogP contribution in [0.15, 0.2) is 48.5 Å². The summed E-state index contributed by atoms with van der Waals surface area (Å²) in [6.45, 7) is 5.19. The number of fused-ring (bicyclic) bond motifs is 2. The maximum Gasteiger partial charge on any atom is 0.229 e. The summed E-state index contributed by atoms with van der Waals surface area (Å²) in [7, 11) is 0. The van der Waals surface area contributed by atoms with Crippen molar-refractivity contribution >= 4 is 17.3 Å². The molecule has 1 amide bonds. The Bertz CT molecular complexity index is 770. The quantitative estimate of drug-likeness (QED) is 0.858. The van der Waals surface area contributed by atoms with Gasteiger partial charge in [0.1, 0.15) is 0 Å². The molecule has 2 heterocycles. The van der Waals surface area contributed by atoms with Crippen LogP contribution in [-0.2, 0) is 17.6 Å². The van der Waals surface area contributed by atoms with Gasteiger partial charge in [0.25, 0.3) is 0 Å². The molecule has 0 aromatic heterocycles. The number of hydrogen-bond donors (Lipinski definition) is 0. The molecule has 2 atom stereocenters. The highest BCUT2D eigenvalue weighted by Gasteiger charge is 2.31. The molecule has 124 valence electrons. The summed E-state index contributed by atoms with van der Waals surface area (Å²) in [4.78, 5) is 17.3. The van der Waals surface area contributed by atoms with Gasteiger partial charge in [-0.15, -0.1) is 0 Å². The van der Waals surface area contributed by atoms with E-state index in [1.165, 1.54) is 16.8 Å². The molecule has 2 unspecified atom stereocenters. The summed E-state index contributed by atoms with van der Waals surface area (Å²) < 4.78 is 0. The molecule has 0 saturated heterocycles. The Morgan fingerprint density at radius 1 is 0.917 bits per heavy atom. The van der Waals surface area contributed by atoms with Crippen LogP contribution in [0.1, 0.15) is 31.4 Å². The zero-order chi connectivity index (χ0) is 16.7. The highest BCUT2D eigenvalue weighted by atomic mass is 16.2. The van der Waals surface area contributed by atoms with E-state index in [0.29, 0.717) is 12.5 Å². The van der Waals surface area contributed by atoms with Gasteiger partial charge in [-0.2, -0.15) is 0 Å². The molecule has 0 saturated carbocycles. The number of carbonyl (C=O) groups is 1. The van der Waals surface area contributed by atoms with Crippen LogP contribution in [0.3, 0.4) is 0 Å². The van der Waals surface area contributed by atoms with Gasteiger partial charge in [0.05, 0.1) is 0 Å². The monoisotopic (exact) mass is 320 g/mol. The SMILES string of the molecule is CC1Cc2ccccc2N1CCC(=O)N1c2ccccc2CC1C. The molecule has 0 fully saturated rings.